The Labute approximate surface area is 90.2 Å². The van der Waals surface area contributed by atoms with Crippen molar-refractivity contribution in [1.82, 2.24) is 10.1 Å². The molecule has 0 radical (unpaired) electrons. The molecular weight excluding hydrogens is 190 g/mol. The molecule has 1 aromatic heterocycles. The summed E-state index contributed by atoms with van der Waals surface area (Å²) in [6.07, 6.45) is 6.91. The molecule has 0 aromatic carbocycles. The van der Waals surface area contributed by atoms with Crippen molar-refractivity contribution in [3.8, 4) is 0 Å². The minimum atomic E-state index is -0.0483. The van der Waals surface area contributed by atoms with Crippen LogP contribution in [0, 0.1) is 0 Å². The van der Waals surface area contributed by atoms with Crippen LogP contribution in [0.3, 0.4) is 0 Å². The Kier molecular flexibility index (Phi) is 3.36. The minimum absolute atomic E-state index is 0.0483. The highest BCUT2D eigenvalue weighted by molar-refractivity contribution is 5.03. The standard InChI is InChI=1S/C11H19N3O/c1-2-3-4-5-9(12)10-13-11(15-14-10)8-6-7-8/h8-9H,2-7,12H2,1H3. The van der Waals surface area contributed by atoms with E-state index in [0.29, 0.717) is 11.7 Å². The molecule has 0 aliphatic heterocycles. The molecule has 1 saturated carbocycles. The highest BCUT2D eigenvalue weighted by Crippen LogP contribution is 2.39. The number of nitrogens with two attached hydrogens (primary N) is 1. The Balaban J connectivity index is 1.84. The van der Waals surface area contributed by atoms with E-state index in [2.05, 4.69) is 17.1 Å². The minimum Gasteiger partial charge on any atom is -0.339 e. The van der Waals surface area contributed by atoms with Crippen LogP contribution in [0.2, 0.25) is 0 Å². The maximum atomic E-state index is 5.98. The van der Waals surface area contributed by atoms with Crippen LogP contribution in [0.15, 0.2) is 4.52 Å². The molecule has 1 fully saturated rings. The van der Waals surface area contributed by atoms with E-state index in [9.17, 15) is 0 Å². The Hall–Kier alpha value is -0.900. The highest BCUT2D eigenvalue weighted by atomic mass is 16.5. The maximum absolute atomic E-state index is 5.98. The van der Waals surface area contributed by atoms with Crippen LogP contribution in [-0.2, 0) is 0 Å². The van der Waals surface area contributed by atoms with Crippen LogP contribution in [0.5, 0.6) is 0 Å². The molecule has 1 unspecified atom stereocenters. The fourth-order valence-electron chi connectivity index (χ4n) is 1.64. The van der Waals surface area contributed by atoms with Crippen molar-refractivity contribution in [2.24, 2.45) is 5.73 Å². The SMILES string of the molecule is CCCCCC(N)c1noc(C2CC2)n1. The van der Waals surface area contributed by atoms with Gasteiger partial charge in [-0.1, -0.05) is 31.3 Å². The number of hydrogen-bond donors (Lipinski definition) is 1. The molecule has 4 heteroatoms. The predicted octanol–water partition coefficient (Wildman–Crippen LogP) is 2.53. The second-order valence-corrected chi connectivity index (χ2v) is 4.37. The lowest BCUT2D eigenvalue weighted by Crippen LogP contribution is -2.11. The zero-order chi connectivity index (χ0) is 10.7. The summed E-state index contributed by atoms with van der Waals surface area (Å²) in [5.41, 5.74) is 5.98. The van der Waals surface area contributed by atoms with Crippen LogP contribution in [0.4, 0.5) is 0 Å². The zero-order valence-electron chi connectivity index (χ0n) is 9.28. The number of nitrogens with zero attached hydrogens (tertiary/aromatic N) is 2. The van der Waals surface area contributed by atoms with Gasteiger partial charge in [-0.3, -0.25) is 0 Å². The van der Waals surface area contributed by atoms with Gasteiger partial charge in [0.2, 0.25) is 5.89 Å². The fourth-order valence-corrected chi connectivity index (χ4v) is 1.64. The van der Waals surface area contributed by atoms with Crippen molar-refractivity contribution in [3.05, 3.63) is 11.7 Å². The van der Waals surface area contributed by atoms with Gasteiger partial charge < -0.3 is 10.3 Å². The van der Waals surface area contributed by atoms with Crippen LogP contribution in [-0.4, -0.2) is 10.1 Å². The molecule has 1 aliphatic rings. The molecule has 0 spiro atoms. The lowest BCUT2D eigenvalue weighted by molar-refractivity contribution is 0.369. The first kappa shape index (κ1) is 10.6. The summed E-state index contributed by atoms with van der Waals surface area (Å²) in [5, 5.41) is 3.94. The van der Waals surface area contributed by atoms with Crippen LogP contribution < -0.4 is 5.73 Å². The summed E-state index contributed by atoms with van der Waals surface area (Å²) in [4.78, 5) is 4.35. The van der Waals surface area contributed by atoms with E-state index in [4.69, 9.17) is 10.3 Å². The highest BCUT2D eigenvalue weighted by Gasteiger charge is 2.30. The van der Waals surface area contributed by atoms with Gasteiger partial charge in [0.15, 0.2) is 5.82 Å². The molecule has 0 amide bonds. The molecule has 2 N–H and O–H groups in total. The van der Waals surface area contributed by atoms with Crippen molar-refractivity contribution in [2.45, 2.75) is 57.4 Å². The van der Waals surface area contributed by atoms with Gasteiger partial charge in [-0.15, -0.1) is 0 Å². The third-order valence-electron chi connectivity index (χ3n) is 2.83. The van der Waals surface area contributed by atoms with Gasteiger partial charge in [0.25, 0.3) is 0 Å². The average molecular weight is 209 g/mol. The quantitative estimate of drug-likeness (QED) is 0.731. The van der Waals surface area contributed by atoms with E-state index in [1.54, 1.807) is 0 Å². The molecule has 15 heavy (non-hydrogen) atoms. The first-order chi connectivity index (χ1) is 7.31. The van der Waals surface area contributed by atoms with Crippen molar-refractivity contribution in [2.75, 3.05) is 0 Å². The van der Waals surface area contributed by atoms with Crippen molar-refractivity contribution >= 4 is 0 Å². The Morgan fingerprint density at radius 3 is 2.93 bits per heavy atom. The Morgan fingerprint density at radius 2 is 2.27 bits per heavy atom. The molecule has 1 aliphatic carbocycles. The van der Waals surface area contributed by atoms with Crippen molar-refractivity contribution in [1.29, 1.82) is 0 Å². The molecule has 4 nitrogen and oxygen atoms in total. The van der Waals surface area contributed by atoms with Gasteiger partial charge in [-0.05, 0) is 19.3 Å². The molecule has 1 atom stereocenters. The van der Waals surface area contributed by atoms with E-state index in [1.165, 1.54) is 25.7 Å². The van der Waals surface area contributed by atoms with Gasteiger partial charge >= 0.3 is 0 Å². The second-order valence-electron chi connectivity index (χ2n) is 4.37. The Bertz CT molecular complexity index is 307. The lowest BCUT2D eigenvalue weighted by atomic mass is 10.1. The van der Waals surface area contributed by atoms with Gasteiger partial charge in [0.05, 0.1) is 6.04 Å². The summed E-state index contributed by atoms with van der Waals surface area (Å²) < 4.78 is 5.17. The molecule has 2 rings (SSSR count). The lowest BCUT2D eigenvalue weighted by Gasteiger charge is -2.04. The molecule has 1 aromatic rings. The van der Waals surface area contributed by atoms with Crippen LogP contribution in [0.25, 0.3) is 0 Å². The Morgan fingerprint density at radius 1 is 1.47 bits per heavy atom. The molecule has 0 saturated heterocycles. The summed E-state index contributed by atoms with van der Waals surface area (Å²) in [7, 11) is 0. The second kappa shape index (κ2) is 4.75. The largest absolute Gasteiger partial charge is 0.339 e. The van der Waals surface area contributed by atoms with Gasteiger partial charge in [0, 0.05) is 5.92 Å². The molecule has 0 bridgehead atoms. The van der Waals surface area contributed by atoms with E-state index in [0.717, 1.165) is 18.7 Å². The third kappa shape index (κ3) is 2.78. The first-order valence-electron chi connectivity index (χ1n) is 5.90. The predicted molar refractivity (Wildman–Crippen MR) is 57.3 cm³/mol. The van der Waals surface area contributed by atoms with E-state index >= 15 is 0 Å². The number of hydrogen-bond acceptors (Lipinski definition) is 4. The van der Waals surface area contributed by atoms with Gasteiger partial charge in [0.1, 0.15) is 0 Å². The number of rotatable bonds is 6. The van der Waals surface area contributed by atoms with Gasteiger partial charge in [-0.2, -0.15) is 4.98 Å². The monoisotopic (exact) mass is 209 g/mol. The van der Waals surface area contributed by atoms with Crippen molar-refractivity contribution < 1.29 is 4.52 Å². The first-order valence-corrected chi connectivity index (χ1v) is 5.90. The summed E-state index contributed by atoms with van der Waals surface area (Å²) in [6.45, 7) is 2.19. The zero-order valence-corrected chi connectivity index (χ0v) is 9.28. The van der Waals surface area contributed by atoms with E-state index in [-0.39, 0.29) is 6.04 Å². The maximum Gasteiger partial charge on any atom is 0.229 e. The van der Waals surface area contributed by atoms with E-state index < -0.39 is 0 Å². The molecule has 1 heterocycles. The van der Waals surface area contributed by atoms with Crippen LogP contribution >= 0.6 is 0 Å². The molecule has 84 valence electrons. The number of unbranched alkanes of at least 4 members (excludes halogenated alkanes) is 2. The normalized spacial score (nSPS) is 18.0. The summed E-state index contributed by atoms with van der Waals surface area (Å²) >= 11 is 0. The smallest absolute Gasteiger partial charge is 0.229 e. The van der Waals surface area contributed by atoms with Crippen molar-refractivity contribution in [3.63, 3.8) is 0 Å². The van der Waals surface area contributed by atoms with E-state index in [1.807, 2.05) is 0 Å². The topological polar surface area (TPSA) is 64.9 Å². The summed E-state index contributed by atoms with van der Waals surface area (Å²) in [6, 6.07) is -0.0483. The summed E-state index contributed by atoms with van der Waals surface area (Å²) in [5.74, 6) is 2.00. The molecular formula is C11H19N3O. The third-order valence-corrected chi connectivity index (χ3v) is 2.83. The average Bonchev–Trinajstić information content (AvgIpc) is 2.97. The van der Waals surface area contributed by atoms with Gasteiger partial charge in [-0.25, -0.2) is 0 Å². The number of aromatic nitrogens is 2. The van der Waals surface area contributed by atoms with Crippen LogP contribution in [0.1, 0.15) is 69.1 Å². The fraction of sp³-hybridized carbons (Fsp3) is 0.818.